The monoisotopic (exact) mass is 338 g/mol. The summed E-state index contributed by atoms with van der Waals surface area (Å²) < 4.78 is 43.9. The molecule has 0 aliphatic heterocycles. The highest BCUT2D eigenvalue weighted by Crippen LogP contribution is 2.32. The van der Waals surface area contributed by atoms with Crippen LogP contribution in [0.1, 0.15) is 27.5 Å². The van der Waals surface area contributed by atoms with Gasteiger partial charge in [0.05, 0.1) is 23.8 Å². The minimum Gasteiger partial charge on any atom is -0.382 e. The molecule has 0 N–H and O–H groups in total. The second-order valence-electron chi connectivity index (χ2n) is 5.25. The number of methoxy groups -OCH3 is 1. The number of pyridine rings is 1. The van der Waals surface area contributed by atoms with Crippen LogP contribution in [0.2, 0.25) is 0 Å². The number of ether oxygens (including phenoxy) is 1. The van der Waals surface area contributed by atoms with Crippen LogP contribution >= 0.6 is 0 Å². The number of alkyl halides is 3. The third-order valence-corrected chi connectivity index (χ3v) is 3.62. The van der Waals surface area contributed by atoms with Gasteiger partial charge in [-0.1, -0.05) is 12.1 Å². The lowest BCUT2D eigenvalue weighted by molar-refractivity contribution is -0.137. The largest absolute Gasteiger partial charge is 0.416 e. The molecule has 24 heavy (non-hydrogen) atoms. The van der Waals surface area contributed by atoms with Crippen LogP contribution in [0.3, 0.4) is 0 Å². The number of rotatable bonds is 5. The number of nitrogens with zero attached hydrogens (tertiary/aromatic N) is 2. The van der Waals surface area contributed by atoms with Crippen molar-refractivity contribution in [3.8, 4) is 0 Å². The van der Waals surface area contributed by atoms with Crippen LogP contribution in [0.25, 0.3) is 0 Å². The van der Waals surface area contributed by atoms with Crippen molar-refractivity contribution in [3.63, 3.8) is 0 Å². The highest BCUT2D eigenvalue weighted by atomic mass is 19.4. The number of hydrogen-bond donors (Lipinski definition) is 0. The Labute approximate surface area is 137 Å². The van der Waals surface area contributed by atoms with Gasteiger partial charge >= 0.3 is 6.18 Å². The fourth-order valence-electron chi connectivity index (χ4n) is 2.35. The van der Waals surface area contributed by atoms with Gasteiger partial charge in [0.25, 0.3) is 5.91 Å². The number of aromatic nitrogens is 1. The highest BCUT2D eigenvalue weighted by Gasteiger charge is 2.32. The van der Waals surface area contributed by atoms with Crippen molar-refractivity contribution in [2.75, 3.05) is 20.8 Å². The molecule has 0 saturated carbocycles. The van der Waals surface area contributed by atoms with E-state index < -0.39 is 17.8 Å². The molecule has 0 spiro atoms. The normalized spacial score (nSPS) is 12.7. The van der Waals surface area contributed by atoms with Crippen molar-refractivity contribution < 1.29 is 22.7 Å². The molecular weight excluding hydrogens is 321 g/mol. The Morgan fingerprint density at radius 3 is 2.62 bits per heavy atom. The molecule has 2 aromatic rings. The van der Waals surface area contributed by atoms with E-state index in [2.05, 4.69) is 4.98 Å². The maximum absolute atomic E-state index is 12.9. The van der Waals surface area contributed by atoms with E-state index in [1.807, 2.05) is 0 Å². The van der Waals surface area contributed by atoms with Gasteiger partial charge in [-0.05, 0) is 29.8 Å². The van der Waals surface area contributed by atoms with Crippen molar-refractivity contribution in [3.05, 3.63) is 65.5 Å². The summed E-state index contributed by atoms with van der Waals surface area (Å²) >= 11 is 0. The SMILES string of the molecule is COC[C@H](c1cccc(C(F)(F)F)c1)N(C)C(=O)c1cccnc1. The van der Waals surface area contributed by atoms with Gasteiger partial charge in [0.2, 0.25) is 0 Å². The van der Waals surface area contributed by atoms with Crippen LogP contribution in [0.4, 0.5) is 13.2 Å². The van der Waals surface area contributed by atoms with Gasteiger partial charge in [-0.3, -0.25) is 9.78 Å². The van der Waals surface area contributed by atoms with Crippen molar-refractivity contribution >= 4 is 5.91 Å². The molecule has 0 aliphatic carbocycles. The topological polar surface area (TPSA) is 42.4 Å². The summed E-state index contributed by atoms with van der Waals surface area (Å²) in [4.78, 5) is 17.8. The van der Waals surface area contributed by atoms with Gasteiger partial charge in [0.15, 0.2) is 0 Å². The molecule has 1 heterocycles. The van der Waals surface area contributed by atoms with Gasteiger partial charge < -0.3 is 9.64 Å². The molecule has 0 saturated heterocycles. The van der Waals surface area contributed by atoms with Gasteiger partial charge in [0.1, 0.15) is 0 Å². The van der Waals surface area contributed by atoms with E-state index in [4.69, 9.17) is 4.74 Å². The average molecular weight is 338 g/mol. The molecule has 1 aromatic heterocycles. The smallest absolute Gasteiger partial charge is 0.382 e. The Balaban J connectivity index is 2.34. The fourth-order valence-corrected chi connectivity index (χ4v) is 2.35. The zero-order valence-electron chi connectivity index (χ0n) is 13.2. The maximum Gasteiger partial charge on any atom is 0.416 e. The lowest BCUT2D eigenvalue weighted by Gasteiger charge is -2.28. The van der Waals surface area contributed by atoms with E-state index in [1.165, 1.54) is 37.5 Å². The van der Waals surface area contributed by atoms with E-state index in [9.17, 15) is 18.0 Å². The fraction of sp³-hybridized carbons (Fsp3) is 0.294. The standard InChI is InChI=1S/C17H17F3N2O2/c1-22(16(23)13-6-4-8-21-10-13)15(11-24-2)12-5-3-7-14(9-12)17(18,19)20/h3-10,15H,11H2,1-2H3/t15-/m1/s1. The Morgan fingerprint density at radius 1 is 1.29 bits per heavy atom. The molecule has 4 nitrogen and oxygen atoms in total. The summed E-state index contributed by atoms with van der Waals surface area (Å²) in [5.74, 6) is -0.345. The Bertz CT molecular complexity index is 690. The molecule has 1 aromatic carbocycles. The minimum atomic E-state index is -4.44. The zero-order valence-corrected chi connectivity index (χ0v) is 13.2. The number of amides is 1. The molecule has 0 aliphatic rings. The Morgan fingerprint density at radius 2 is 2.04 bits per heavy atom. The highest BCUT2D eigenvalue weighted by molar-refractivity contribution is 5.94. The van der Waals surface area contributed by atoms with Crippen molar-refractivity contribution in [2.24, 2.45) is 0 Å². The van der Waals surface area contributed by atoms with E-state index in [1.54, 1.807) is 18.2 Å². The molecule has 2 rings (SSSR count). The number of carbonyl (C=O) groups is 1. The van der Waals surface area contributed by atoms with Gasteiger partial charge in [0, 0.05) is 26.6 Å². The van der Waals surface area contributed by atoms with Gasteiger partial charge in [-0.2, -0.15) is 13.2 Å². The average Bonchev–Trinajstić information content (AvgIpc) is 2.58. The molecule has 0 fully saturated rings. The summed E-state index contributed by atoms with van der Waals surface area (Å²) in [5.41, 5.74) is -0.0529. The number of likely N-dealkylation sites (N-methyl/N-ethyl adjacent to an activating group) is 1. The van der Waals surface area contributed by atoms with E-state index in [-0.39, 0.29) is 12.5 Å². The Kier molecular flexibility index (Phi) is 5.56. The van der Waals surface area contributed by atoms with Crippen LogP contribution < -0.4 is 0 Å². The molecule has 1 atom stereocenters. The van der Waals surface area contributed by atoms with Crippen LogP contribution in [-0.4, -0.2) is 36.6 Å². The predicted octanol–water partition coefficient (Wildman–Crippen LogP) is 3.56. The minimum absolute atomic E-state index is 0.0732. The number of carbonyl (C=O) groups excluding carboxylic acids is 1. The summed E-state index contributed by atoms with van der Waals surface area (Å²) in [5, 5.41) is 0. The zero-order chi connectivity index (χ0) is 17.7. The second kappa shape index (κ2) is 7.44. The first kappa shape index (κ1) is 17.9. The van der Waals surface area contributed by atoms with E-state index in [0.717, 1.165) is 12.1 Å². The summed E-state index contributed by atoms with van der Waals surface area (Å²) in [7, 11) is 2.96. The summed E-state index contributed by atoms with van der Waals surface area (Å²) in [6, 6.07) is 7.48. The molecule has 0 bridgehead atoms. The van der Waals surface area contributed by atoms with E-state index >= 15 is 0 Å². The summed E-state index contributed by atoms with van der Waals surface area (Å²) in [6.07, 6.45) is -1.50. The van der Waals surface area contributed by atoms with Crippen LogP contribution in [0, 0.1) is 0 Å². The molecule has 128 valence electrons. The Hall–Kier alpha value is -2.41. The number of hydrogen-bond acceptors (Lipinski definition) is 3. The third kappa shape index (κ3) is 4.11. The second-order valence-corrected chi connectivity index (χ2v) is 5.25. The van der Waals surface area contributed by atoms with Crippen molar-refractivity contribution in [2.45, 2.75) is 12.2 Å². The maximum atomic E-state index is 12.9. The van der Waals surface area contributed by atoms with Crippen LogP contribution in [-0.2, 0) is 10.9 Å². The van der Waals surface area contributed by atoms with Crippen molar-refractivity contribution in [1.29, 1.82) is 0 Å². The molecule has 0 radical (unpaired) electrons. The molecule has 7 heteroatoms. The number of halogens is 3. The summed E-state index contributed by atoms with van der Waals surface area (Å²) in [6.45, 7) is 0.0732. The molecule has 0 unspecified atom stereocenters. The lowest BCUT2D eigenvalue weighted by atomic mass is 10.0. The predicted molar refractivity (Wildman–Crippen MR) is 82.4 cm³/mol. The van der Waals surface area contributed by atoms with Gasteiger partial charge in [-0.15, -0.1) is 0 Å². The quantitative estimate of drug-likeness (QED) is 0.837. The van der Waals surface area contributed by atoms with Gasteiger partial charge in [-0.25, -0.2) is 0 Å². The first-order valence-corrected chi connectivity index (χ1v) is 7.18. The van der Waals surface area contributed by atoms with Crippen LogP contribution in [0.15, 0.2) is 48.8 Å². The number of benzene rings is 1. The van der Waals surface area contributed by atoms with Crippen molar-refractivity contribution in [1.82, 2.24) is 9.88 Å². The van der Waals surface area contributed by atoms with Crippen LogP contribution in [0.5, 0.6) is 0 Å². The first-order valence-electron chi connectivity index (χ1n) is 7.18. The molecule has 1 amide bonds. The van der Waals surface area contributed by atoms with E-state index in [0.29, 0.717) is 11.1 Å². The lowest BCUT2D eigenvalue weighted by Crippen LogP contribution is -2.34. The third-order valence-electron chi connectivity index (χ3n) is 3.62. The first-order chi connectivity index (χ1) is 11.3. The molecular formula is C17H17F3N2O2.